The third kappa shape index (κ3) is 3.48. The first kappa shape index (κ1) is 19.6. The van der Waals surface area contributed by atoms with Crippen molar-refractivity contribution in [1.82, 2.24) is 4.90 Å². The predicted octanol–water partition coefficient (Wildman–Crippen LogP) is 4.32. The monoisotopic (exact) mass is 382 g/mol. The second-order valence-corrected chi connectivity index (χ2v) is 7.00. The van der Waals surface area contributed by atoms with Crippen molar-refractivity contribution in [3.8, 4) is 11.8 Å². The molecule has 0 saturated carbocycles. The number of carbonyl (C=O) groups is 2. The highest BCUT2D eigenvalue weighted by Crippen LogP contribution is 2.34. The van der Waals surface area contributed by atoms with Gasteiger partial charge in [0, 0.05) is 18.2 Å². The van der Waals surface area contributed by atoms with Gasteiger partial charge in [-0.25, -0.2) is 18.5 Å². The molecule has 6 heteroatoms. The molecule has 28 heavy (non-hydrogen) atoms. The van der Waals surface area contributed by atoms with Crippen LogP contribution in [0.2, 0.25) is 0 Å². The Bertz CT molecular complexity index is 972. The Kier molecular flexibility index (Phi) is 5.19. The van der Waals surface area contributed by atoms with Crippen molar-refractivity contribution in [2.24, 2.45) is 0 Å². The van der Waals surface area contributed by atoms with Gasteiger partial charge in [0.2, 0.25) is 5.91 Å². The first-order valence-electron chi connectivity index (χ1n) is 8.93. The van der Waals surface area contributed by atoms with E-state index >= 15 is 0 Å². The quantitative estimate of drug-likeness (QED) is 0.726. The molecule has 1 heterocycles. The number of carbonyl (C=O) groups excluding carboxylic acids is 2. The molecule has 0 aromatic heterocycles. The fourth-order valence-corrected chi connectivity index (χ4v) is 3.11. The lowest BCUT2D eigenvalue weighted by Crippen LogP contribution is -2.61. The number of rotatable bonds is 2. The van der Waals surface area contributed by atoms with E-state index in [0.717, 1.165) is 12.1 Å². The lowest BCUT2D eigenvalue weighted by atomic mass is 9.90. The highest BCUT2D eigenvalue weighted by molar-refractivity contribution is 6.16. The van der Waals surface area contributed by atoms with E-state index in [1.807, 2.05) is 25.1 Å². The van der Waals surface area contributed by atoms with E-state index in [1.54, 1.807) is 19.1 Å². The first-order valence-corrected chi connectivity index (χ1v) is 8.93. The summed E-state index contributed by atoms with van der Waals surface area (Å²) in [5.74, 6) is 2.87. The Morgan fingerprint density at radius 2 is 1.61 bits per heavy atom. The smallest absolute Gasteiger partial charge is 0.321 e. The van der Waals surface area contributed by atoms with Crippen molar-refractivity contribution in [1.29, 1.82) is 0 Å². The highest BCUT2D eigenvalue weighted by Gasteiger charge is 2.45. The minimum absolute atomic E-state index is 0.0137. The van der Waals surface area contributed by atoms with Gasteiger partial charge >= 0.3 is 6.03 Å². The van der Waals surface area contributed by atoms with Gasteiger partial charge in [0.15, 0.2) is 11.6 Å². The Labute approximate surface area is 162 Å². The number of amides is 3. The maximum absolute atomic E-state index is 14.7. The van der Waals surface area contributed by atoms with Crippen LogP contribution in [0.4, 0.5) is 19.3 Å². The largest absolute Gasteiger partial charge is 0.331 e. The first-order chi connectivity index (χ1) is 13.3. The third-order valence-electron chi connectivity index (χ3n) is 5.20. The van der Waals surface area contributed by atoms with E-state index in [0.29, 0.717) is 16.9 Å². The van der Waals surface area contributed by atoms with E-state index < -0.39 is 34.8 Å². The predicted molar refractivity (Wildman–Crippen MR) is 103 cm³/mol. The number of halogens is 2. The van der Waals surface area contributed by atoms with Gasteiger partial charge in [-0.05, 0) is 37.6 Å². The number of hydrogen-bond donors (Lipinski definition) is 0. The van der Waals surface area contributed by atoms with Crippen molar-refractivity contribution >= 4 is 17.6 Å². The Hall–Kier alpha value is -3.20. The van der Waals surface area contributed by atoms with Crippen LogP contribution in [0.1, 0.15) is 37.8 Å². The fraction of sp³-hybridized carbons (Fsp3) is 0.273. The average molecular weight is 382 g/mol. The zero-order valence-electron chi connectivity index (χ0n) is 15.9. The minimum Gasteiger partial charge on any atom is -0.321 e. The average Bonchev–Trinajstić information content (AvgIpc) is 2.67. The molecule has 1 aliphatic rings. The number of anilines is 1. The van der Waals surface area contributed by atoms with Gasteiger partial charge in [0.25, 0.3) is 0 Å². The molecule has 0 N–H and O–H groups in total. The third-order valence-corrected chi connectivity index (χ3v) is 5.20. The Morgan fingerprint density at radius 3 is 2.18 bits per heavy atom. The molecule has 0 radical (unpaired) electrons. The van der Waals surface area contributed by atoms with Crippen molar-refractivity contribution in [3.05, 3.63) is 65.2 Å². The second-order valence-electron chi connectivity index (χ2n) is 7.00. The molecule has 1 atom stereocenters. The van der Waals surface area contributed by atoms with Crippen LogP contribution in [-0.2, 0) is 4.79 Å². The number of benzene rings is 2. The minimum atomic E-state index is -1.01. The molecule has 3 amide bonds. The summed E-state index contributed by atoms with van der Waals surface area (Å²) in [4.78, 5) is 27.2. The van der Waals surface area contributed by atoms with Crippen molar-refractivity contribution in [2.45, 2.75) is 32.2 Å². The number of imide groups is 1. The van der Waals surface area contributed by atoms with Gasteiger partial charge in [-0.2, -0.15) is 0 Å². The zero-order valence-corrected chi connectivity index (χ0v) is 15.9. The summed E-state index contributed by atoms with van der Waals surface area (Å²) in [6.45, 7) is 3.63. The maximum atomic E-state index is 14.7. The van der Waals surface area contributed by atoms with E-state index in [1.165, 1.54) is 11.9 Å². The van der Waals surface area contributed by atoms with Crippen LogP contribution in [0.3, 0.4) is 0 Å². The second kappa shape index (κ2) is 7.43. The molecule has 0 bridgehead atoms. The van der Waals surface area contributed by atoms with E-state index in [9.17, 15) is 18.4 Å². The molecule has 2 aromatic rings. The summed E-state index contributed by atoms with van der Waals surface area (Å²) >= 11 is 0. The molecule has 1 unspecified atom stereocenters. The van der Waals surface area contributed by atoms with Crippen LogP contribution >= 0.6 is 0 Å². The van der Waals surface area contributed by atoms with Crippen molar-refractivity contribution < 1.29 is 18.4 Å². The Morgan fingerprint density at radius 1 is 1.04 bits per heavy atom. The van der Waals surface area contributed by atoms with Gasteiger partial charge in [-0.1, -0.05) is 37.0 Å². The summed E-state index contributed by atoms with van der Waals surface area (Å²) in [6, 6.07) is 10.3. The standard InChI is InChI=1S/C22H20F2N2O2/c1-4-22(2)14-19(27)26(21(28)25(22)3)20-17(23)12-16(13-18(20)24)11-10-15-8-6-5-7-9-15/h5-9,12-13H,4,14H2,1-3H3. The normalized spacial score (nSPS) is 19.5. The summed E-state index contributed by atoms with van der Waals surface area (Å²) in [5, 5.41) is 0. The van der Waals surface area contributed by atoms with Crippen molar-refractivity contribution in [2.75, 3.05) is 11.9 Å². The van der Waals surface area contributed by atoms with Crippen LogP contribution in [-0.4, -0.2) is 29.4 Å². The van der Waals surface area contributed by atoms with E-state index in [4.69, 9.17) is 0 Å². The highest BCUT2D eigenvalue weighted by atomic mass is 19.1. The van der Waals surface area contributed by atoms with Crippen LogP contribution in [0.15, 0.2) is 42.5 Å². The van der Waals surface area contributed by atoms with Crippen LogP contribution in [0.25, 0.3) is 0 Å². The molecule has 0 aliphatic carbocycles. The summed E-state index contributed by atoms with van der Waals surface area (Å²) in [7, 11) is 1.53. The van der Waals surface area contributed by atoms with E-state index in [-0.39, 0.29) is 12.0 Å². The SMILES string of the molecule is CCC1(C)CC(=O)N(c2c(F)cc(C#Cc3ccccc3)cc2F)C(=O)N1C. The molecule has 0 spiro atoms. The van der Waals surface area contributed by atoms with Crippen LogP contribution in [0.5, 0.6) is 0 Å². The lowest BCUT2D eigenvalue weighted by Gasteiger charge is -2.45. The fourth-order valence-electron chi connectivity index (χ4n) is 3.11. The maximum Gasteiger partial charge on any atom is 0.331 e. The number of nitrogens with zero attached hydrogens (tertiary/aromatic N) is 2. The zero-order chi connectivity index (χ0) is 20.5. The molecule has 1 saturated heterocycles. The molecular weight excluding hydrogens is 362 g/mol. The van der Waals surface area contributed by atoms with Gasteiger partial charge < -0.3 is 4.90 Å². The van der Waals surface area contributed by atoms with Gasteiger partial charge in [0.1, 0.15) is 5.69 Å². The number of hydrogen-bond acceptors (Lipinski definition) is 2. The number of urea groups is 1. The van der Waals surface area contributed by atoms with E-state index in [2.05, 4.69) is 11.8 Å². The van der Waals surface area contributed by atoms with Crippen molar-refractivity contribution in [3.63, 3.8) is 0 Å². The van der Waals surface area contributed by atoms with Crippen LogP contribution in [0, 0.1) is 23.5 Å². The van der Waals surface area contributed by atoms with Gasteiger partial charge in [-0.3, -0.25) is 4.79 Å². The van der Waals surface area contributed by atoms with Crippen LogP contribution < -0.4 is 4.90 Å². The summed E-state index contributed by atoms with van der Waals surface area (Å²) < 4.78 is 29.4. The summed E-state index contributed by atoms with van der Waals surface area (Å²) in [5.41, 5.74) is -0.524. The molecular formula is C22H20F2N2O2. The lowest BCUT2D eigenvalue weighted by molar-refractivity contribution is -0.122. The molecule has 3 rings (SSSR count). The summed E-state index contributed by atoms with van der Waals surface area (Å²) in [6.07, 6.45) is 0.536. The molecule has 1 aliphatic heterocycles. The molecule has 144 valence electrons. The molecule has 2 aromatic carbocycles. The van der Waals surface area contributed by atoms with Gasteiger partial charge in [0.05, 0.1) is 12.0 Å². The van der Waals surface area contributed by atoms with Gasteiger partial charge in [-0.15, -0.1) is 0 Å². The molecule has 1 fully saturated rings. The molecule has 4 nitrogen and oxygen atoms in total. The topological polar surface area (TPSA) is 40.6 Å². The Balaban J connectivity index is 1.97.